The summed E-state index contributed by atoms with van der Waals surface area (Å²) in [6, 6.07) is 9.19. The Kier molecular flexibility index (Phi) is 7.03. The van der Waals surface area contributed by atoms with Gasteiger partial charge in [0.1, 0.15) is 18.1 Å². The van der Waals surface area contributed by atoms with Crippen molar-refractivity contribution in [2.75, 3.05) is 19.7 Å². The fourth-order valence-electron chi connectivity index (χ4n) is 4.86. The van der Waals surface area contributed by atoms with Crippen LogP contribution in [0.3, 0.4) is 0 Å². The van der Waals surface area contributed by atoms with Crippen LogP contribution in [0.5, 0.6) is 0 Å². The molecule has 7 nitrogen and oxygen atoms in total. The number of aromatic nitrogens is 3. The average molecular weight is 558 g/mol. The van der Waals surface area contributed by atoms with Crippen molar-refractivity contribution in [3.63, 3.8) is 0 Å². The van der Waals surface area contributed by atoms with Crippen molar-refractivity contribution >= 4 is 45.9 Å². The monoisotopic (exact) mass is 556 g/mol. The number of nitrogens with zero attached hydrogens (tertiary/aromatic N) is 4. The number of rotatable bonds is 8. The lowest BCUT2D eigenvalue weighted by Gasteiger charge is -2.33. The number of ether oxygens (including phenoxy) is 1. The zero-order chi connectivity index (χ0) is 24.6. The van der Waals surface area contributed by atoms with Crippen LogP contribution in [0, 0.1) is 0 Å². The molecule has 0 aromatic carbocycles. The van der Waals surface area contributed by atoms with Gasteiger partial charge in [-0.25, -0.2) is 4.98 Å². The minimum atomic E-state index is -1.13. The fourth-order valence-corrected chi connectivity index (χ4v) is 5.95. The normalized spacial score (nSPS) is 16.0. The second kappa shape index (κ2) is 10.0. The summed E-state index contributed by atoms with van der Waals surface area (Å²) in [7, 11) is -1.13. The van der Waals surface area contributed by atoms with Crippen LogP contribution in [0.15, 0.2) is 56.7 Å². The summed E-state index contributed by atoms with van der Waals surface area (Å²) in [5, 5.41) is 1.69. The van der Waals surface area contributed by atoms with Gasteiger partial charge in [-0.05, 0) is 53.0 Å². The highest BCUT2D eigenvalue weighted by molar-refractivity contribution is 9.10. The second-order valence-electron chi connectivity index (χ2n) is 10.7. The van der Waals surface area contributed by atoms with E-state index in [1.165, 1.54) is 0 Å². The predicted molar refractivity (Wildman–Crippen MR) is 146 cm³/mol. The van der Waals surface area contributed by atoms with E-state index in [0.29, 0.717) is 18.2 Å². The van der Waals surface area contributed by atoms with Crippen LogP contribution in [-0.2, 0) is 18.0 Å². The van der Waals surface area contributed by atoms with Gasteiger partial charge in [0.05, 0.1) is 17.4 Å². The second-order valence-corrected chi connectivity index (χ2v) is 17.1. The van der Waals surface area contributed by atoms with Crippen LogP contribution >= 0.6 is 15.9 Å². The van der Waals surface area contributed by atoms with Gasteiger partial charge in [-0.15, -0.1) is 0 Å². The van der Waals surface area contributed by atoms with Crippen LogP contribution in [0.4, 0.5) is 0 Å². The van der Waals surface area contributed by atoms with Crippen LogP contribution in [0.2, 0.25) is 25.7 Å². The topological polar surface area (TPSA) is 65.4 Å². The van der Waals surface area contributed by atoms with Crippen molar-refractivity contribution < 1.29 is 9.15 Å². The van der Waals surface area contributed by atoms with E-state index in [-0.39, 0.29) is 5.43 Å². The highest BCUT2D eigenvalue weighted by Crippen LogP contribution is 2.30. The van der Waals surface area contributed by atoms with Gasteiger partial charge in [0.25, 0.3) is 0 Å². The molecule has 0 aliphatic carbocycles. The summed E-state index contributed by atoms with van der Waals surface area (Å²) >= 11 is 3.39. The molecule has 0 saturated carbocycles. The minimum absolute atomic E-state index is 0.0191. The summed E-state index contributed by atoms with van der Waals surface area (Å²) in [6.07, 6.45) is 7.76. The number of piperidine rings is 1. The molecule has 35 heavy (non-hydrogen) atoms. The van der Waals surface area contributed by atoms with Crippen molar-refractivity contribution in [1.82, 2.24) is 19.0 Å². The van der Waals surface area contributed by atoms with E-state index >= 15 is 0 Å². The molecule has 0 N–H and O–H groups in total. The zero-order valence-electron chi connectivity index (χ0n) is 20.7. The highest BCUT2D eigenvalue weighted by atomic mass is 79.9. The third kappa shape index (κ3) is 5.48. The number of hydrogen-bond donors (Lipinski definition) is 0. The van der Waals surface area contributed by atoms with Crippen molar-refractivity contribution in [2.24, 2.45) is 0 Å². The van der Waals surface area contributed by atoms with E-state index in [4.69, 9.17) is 9.15 Å². The number of fused-ring (bicyclic) bond motifs is 3. The number of likely N-dealkylation sites (tertiary alicyclic amines) is 1. The SMILES string of the molecule is C[Si](C)(C)CCOCn1ccc2c1ncc1c(=O)ccn(C3CCN(Cc4ccc(Br)o4)CC3)c12. The van der Waals surface area contributed by atoms with E-state index in [1.54, 1.807) is 12.3 Å². The lowest BCUT2D eigenvalue weighted by molar-refractivity contribution is 0.0899. The molecule has 0 radical (unpaired) electrons. The number of pyridine rings is 2. The molecule has 5 rings (SSSR count). The molecule has 5 heterocycles. The van der Waals surface area contributed by atoms with Gasteiger partial charge in [0.15, 0.2) is 10.1 Å². The molecule has 0 unspecified atom stereocenters. The molecule has 1 fully saturated rings. The molecule has 9 heteroatoms. The summed E-state index contributed by atoms with van der Waals surface area (Å²) in [5.41, 5.74) is 1.87. The van der Waals surface area contributed by atoms with Gasteiger partial charge in [-0.3, -0.25) is 9.69 Å². The van der Waals surface area contributed by atoms with Crippen molar-refractivity contribution in [3.05, 3.63) is 63.5 Å². The molecular weight excluding hydrogens is 524 g/mol. The maximum absolute atomic E-state index is 12.7. The first-order chi connectivity index (χ1) is 16.8. The third-order valence-electron chi connectivity index (χ3n) is 6.86. The Bertz CT molecular complexity index is 1380. The molecule has 4 aromatic rings. The predicted octanol–water partition coefficient (Wildman–Crippen LogP) is 5.86. The number of halogens is 1. The molecule has 0 spiro atoms. The van der Waals surface area contributed by atoms with Crippen molar-refractivity contribution in [3.8, 4) is 0 Å². The number of hydrogen-bond acceptors (Lipinski definition) is 5. The van der Waals surface area contributed by atoms with Crippen molar-refractivity contribution in [2.45, 2.75) is 57.8 Å². The standard InChI is InChI=1S/C26H33BrN4O3Si/c1-35(2,3)15-14-33-18-30-12-8-21-25-22(16-28-26(21)30)23(32)9-13-31(25)19-6-10-29(11-7-19)17-20-4-5-24(27)34-20/h4-5,8-9,12-13,16,19H,6-7,10-11,14-15,17-18H2,1-3H3. The average Bonchev–Trinajstić information content (AvgIpc) is 3.43. The molecular formula is C26H33BrN4O3Si. The van der Waals surface area contributed by atoms with E-state index in [9.17, 15) is 4.79 Å². The molecule has 1 aliphatic heterocycles. The van der Waals surface area contributed by atoms with E-state index in [2.05, 4.69) is 56.1 Å². The van der Waals surface area contributed by atoms with Gasteiger partial charge in [-0.2, -0.15) is 0 Å². The smallest absolute Gasteiger partial charge is 0.190 e. The zero-order valence-corrected chi connectivity index (χ0v) is 23.3. The summed E-state index contributed by atoms with van der Waals surface area (Å²) in [5.74, 6) is 0.977. The highest BCUT2D eigenvalue weighted by Gasteiger charge is 2.23. The number of furan rings is 1. The largest absolute Gasteiger partial charge is 0.453 e. The van der Waals surface area contributed by atoms with Gasteiger partial charge in [0.2, 0.25) is 0 Å². The summed E-state index contributed by atoms with van der Waals surface area (Å²) < 4.78 is 16.8. The Balaban J connectivity index is 1.37. The molecule has 4 aromatic heterocycles. The first kappa shape index (κ1) is 24.5. The van der Waals surface area contributed by atoms with E-state index < -0.39 is 8.07 Å². The molecule has 186 valence electrons. The van der Waals surface area contributed by atoms with Gasteiger partial charge in [0, 0.05) is 63.9 Å². The summed E-state index contributed by atoms with van der Waals surface area (Å²) in [6.45, 7) is 11.1. The fraction of sp³-hybridized carbons (Fsp3) is 0.462. The lowest BCUT2D eigenvalue weighted by Crippen LogP contribution is -2.34. The minimum Gasteiger partial charge on any atom is -0.453 e. The first-order valence-electron chi connectivity index (χ1n) is 12.3. The Morgan fingerprint density at radius 3 is 2.63 bits per heavy atom. The molecule has 0 amide bonds. The van der Waals surface area contributed by atoms with E-state index in [1.807, 2.05) is 29.1 Å². The maximum Gasteiger partial charge on any atom is 0.190 e. The van der Waals surface area contributed by atoms with Crippen LogP contribution < -0.4 is 5.43 Å². The Labute approximate surface area is 214 Å². The third-order valence-corrected chi connectivity index (χ3v) is 8.99. The van der Waals surface area contributed by atoms with Gasteiger partial charge < -0.3 is 18.3 Å². The summed E-state index contributed by atoms with van der Waals surface area (Å²) in [4.78, 5) is 19.8. The van der Waals surface area contributed by atoms with Crippen molar-refractivity contribution in [1.29, 1.82) is 0 Å². The van der Waals surface area contributed by atoms with E-state index in [0.717, 1.165) is 72.1 Å². The van der Waals surface area contributed by atoms with Crippen LogP contribution in [-0.4, -0.2) is 46.8 Å². The van der Waals surface area contributed by atoms with Crippen LogP contribution in [0.1, 0.15) is 24.6 Å². The Hall–Kier alpha value is -2.20. The van der Waals surface area contributed by atoms with Gasteiger partial charge in [-0.1, -0.05) is 19.6 Å². The van der Waals surface area contributed by atoms with Gasteiger partial charge >= 0.3 is 0 Å². The van der Waals surface area contributed by atoms with Crippen LogP contribution in [0.25, 0.3) is 21.9 Å². The molecule has 1 aliphatic rings. The lowest BCUT2D eigenvalue weighted by atomic mass is 10.0. The molecule has 1 saturated heterocycles. The molecule has 0 bridgehead atoms. The maximum atomic E-state index is 12.7. The quantitative estimate of drug-likeness (QED) is 0.201. The Morgan fingerprint density at radius 1 is 1.11 bits per heavy atom. The first-order valence-corrected chi connectivity index (χ1v) is 16.8. The Morgan fingerprint density at radius 2 is 1.91 bits per heavy atom. The molecule has 0 atom stereocenters.